The number of amides is 1. The van der Waals surface area contributed by atoms with Gasteiger partial charge in [-0.25, -0.2) is 9.78 Å². The summed E-state index contributed by atoms with van der Waals surface area (Å²) >= 11 is 0. The fourth-order valence-corrected chi connectivity index (χ4v) is 4.38. The first-order valence-electron chi connectivity index (χ1n) is 13.3. The fraction of sp³-hybridized carbons (Fsp3) is 0.147. The number of benzene rings is 4. The number of fused-ring (bicyclic) bond motifs is 1. The Hall–Kier alpha value is -5.17. The first kappa shape index (κ1) is 27.4. The lowest BCUT2D eigenvalue weighted by molar-refractivity contribution is -0.142. The highest BCUT2D eigenvalue weighted by atomic mass is 16.5. The van der Waals surface area contributed by atoms with Gasteiger partial charge in [0.1, 0.15) is 24.9 Å². The number of ether oxygens (including phenoxy) is 3. The monoisotopic (exact) mass is 546 g/mol. The van der Waals surface area contributed by atoms with Crippen molar-refractivity contribution in [1.29, 1.82) is 0 Å². The first-order chi connectivity index (χ1) is 20.1. The molecule has 4 aromatic carbocycles. The second-order valence-electron chi connectivity index (χ2n) is 9.47. The van der Waals surface area contributed by atoms with Gasteiger partial charge >= 0.3 is 5.97 Å². The van der Waals surface area contributed by atoms with Gasteiger partial charge in [0.05, 0.1) is 12.6 Å². The highest BCUT2D eigenvalue weighted by molar-refractivity contribution is 5.97. The highest BCUT2D eigenvalue weighted by Gasteiger charge is 2.24. The van der Waals surface area contributed by atoms with Crippen LogP contribution in [0.3, 0.4) is 0 Å². The molecule has 1 N–H and O–H groups in total. The van der Waals surface area contributed by atoms with Crippen LogP contribution in [0, 0.1) is 0 Å². The lowest BCUT2D eigenvalue weighted by Gasteiger charge is -2.18. The van der Waals surface area contributed by atoms with E-state index in [4.69, 9.17) is 14.2 Å². The van der Waals surface area contributed by atoms with Crippen molar-refractivity contribution >= 4 is 22.8 Å². The Morgan fingerprint density at radius 2 is 1.34 bits per heavy atom. The maximum Gasteiger partial charge on any atom is 0.328 e. The zero-order valence-electron chi connectivity index (χ0n) is 22.7. The molecule has 7 nitrogen and oxygen atoms in total. The molecule has 0 aliphatic carbocycles. The minimum Gasteiger partial charge on any atom is -0.485 e. The SMILES string of the molecule is COC(=O)[C@H](Cc1ccc(OCc2ccccc2)c(OCc2ccccc2)c1)NC(=O)c1ccc2ccccc2n1. The predicted octanol–water partition coefficient (Wildman–Crippen LogP) is 5.91. The van der Waals surface area contributed by atoms with Crippen molar-refractivity contribution < 1.29 is 23.8 Å². The molecule has 5 rings (SSSR count). The number of para-hydroxylation sites is 1. The molecule has 1 atom stereocenters. The molecule has 5 aromatic rings. The van der Waals surface area contributed by atoms with E-state index in [-0.39, 0.29) is 12.1 Å². The van der Waals surface area contributed by atoms with E-state index in [1.807, 2.05) is 109 Å². The summed E-state index contributed by atoms with van der Waals surface area (Å²) in [5, 5.41) is 3.71. The van der Waals surface area contributed by atoms with Crippen LogP contribution in [-0.4, -0.2) is 30.0 Å². The molecule has 0 aliphatic heterocycles. The van der Waals surface area contributed by atoms with Crippen molar-refractivity contribution in [1.82, 2.24) is 10.3 Å². The lowest BCUT2D eigenvalue weighted by atomic mass is 10.0. The predicted molar refractivity (Wildman–Crippen MR) is 157 cm³/mol. The molecule has 1 amide bonds. The van der Waals surface area contributed by atoms with Gasteiger partial charge in [0.25, 0.3) is 5.91 Å². The standard InChI is InChI=1S/C34H30N2O5/c1-39-34(38)30(36-33(37)29-18-17-27-14-8-9-15-28(27)35-29)20-26-16-19-31(40-22-24-10-4-2-5-11-24)32(21-26)41-23-25-12-6-3-7-13-25/h2-19,21,30H,20,22-23H2,1H3,(H,36,37)/t30-/m0/s1. The summed E-state index contributed by atoms with van der Waals surface area (Å²) in [4.78, 5) is 30.2. The zero-order valence-corrected chi connectivity index (χ0v) is 22.7. The Balaban J connectivity index is 1.35. The molecule has 0 saturated carbocycles. The van der Waals surface area contributed by atoms with Crippen LogP contribution in [0.4, 0.5) is 0 Å². The number of nitrogens with zero attached hydrogens (tertiary/aromatic N) is 1. The smallest absolute Gasteiger partial charge is 0.328 e. The Labute approximate surface area is 238 Å². The van der Waals surface area contributed by atoms with E-state index in [0.29, 0.717) is 30.2 Å². The van der Waals surface area contributed by atoms with Crippen molar-refractivity contribution in [3.8, 4) is 11.5 Å². The molecule has 0 saturated heterocycles. The number of rotatable bonds is 11. The van der Waals surface area contributed by atoms with E-state index < -0.39 is 17.9 Å². The number of hydrogen-bond donors (Lipinski definition) is 1. The van der Waals surface area contributed by atoms with E-state index in [9.17, 15) is 9.59 Å². The van der Waals surface area contributed by atoms with Gasteiger partial charge in [0, 0.05) is 11.8 Å². The molecule has 1 aromatic heterocycles. The molecule has 0 unspecified atom stereocenters. The molecule has 1 heterocycles. The summed E-state index contributed by atoms with van der Waals surface area (Å²) < 4.78 is 17.3. The second kappa shape index (κ2) is 13.3. The molecular formula is C34H30N2O5. The number of aromatic nitrogens is 1. The van der Waals surface area contributed by atoms with Crippen LogP contribution in [0.15, 0.2) is 115 Å². The zero-order chi connectivity index (χ0) is 28.4. The first-order valence-corrected chi connectivity index (χ1v) is 13.3. The molecule has 0 fully saturated rings. The van der Waals surface area contributed by atoms with E-state index in [1.54, 1.807) is 6.07 Å². The van der Waals surface area contributed by atoms with E-state index in [2.05, 4.69) is 10.3 Å². The third-order valence-corrected chi connectivity index (χ3v) is 6.54. The van der Waals surface area contributed by atoms with Crippen LogP contribution in [0.2, 0.25) is 0 Å². The van der Waals surface area contributed by atoms with Crippen molar-refractivity contribution in [3.63, 3.8) is 0 Å². The lowest BCUT2D eigenvalue weighted by Crippen LogP contribution is -2.43. The molecule has 0 radical (unpaired) electrons. The maximum atomic E-state index is 13.1. The highest BCUT2D eigenvalue weighted by Crippen LogP contribution is 2.31. The summed E-state index contributed by atoms with van der Waals surface area (Å²) in [6, 6.07) is 35.3. The number of esters is 1. The average molecular weight is 547 g/mol. The normalized spacial score (nSPS) is 11.4. The third-order valence-electron chi connectivity index (χ3n) is 6.54. The van der Waals surface area contributed by atoms with Crippen molar-refractivity contribution in [3.05, 3.63) is 138 Å². The molecule has 0 aliphatic rings. The summed E-state index contributed by atoms with van der Waals surface area (Å²) in [7, 11) is 1.30. The summed E-state index contributed by atoms with van der Waals surface area (Å²) in [5.74, 6) is 0.0887. The Morgan fingerprint density at radius 1 is 0.707 bits per heavy atom. The summed E-state index contributed by atoms with van der Waals surface area (Å²) in [6.45, 7) is 0.721. The Morgan fingerprint density at radius 3 is 2.02 bits per heavy atom. The molecule has 7 heteroatoms. The van der Waals surface area contributed by atoms with Crippen LogP contribution in [0.1, 0.15) is 27.2 Å². The number of methoxy groups -OCH3 is 1. The minimum atomic E-state index is -0.932. The van der Waals surface area contributed by atoms with Crippen LogP contribution in [0.25, 0.3) is 10.9 Å². The number of carbonyl (C=O) groups excluding carboxylic acids is 2. The number of hydrogen-bond acceptors (Lipinski definition) is 6. The molecule has 41 heavy (non-hydrogen) atoms. The Kier molecular flexibility index (Phi) is 8.86. The van der Waals surface area contributed by atoms with Crippen molar-refractivity contribution in [2.24, 2.45) is 0 Å². The summed E-state index contributed by atoms with van der Waals surface area (Å²) in [5.41, 5.74) is 3.72. The van der Waals surface area contributed by atoms with Gasteiger partial charge in [-0.1, -0.05) is 91.0 Å². The third kappa shape index (κ3) is 7.28. The van der Waals surface area contributed by atoms with Gasteiger partial charge in [-0.05, 0) is 41.0 Å². The van der Waals surface area contributed by atoms with Crippen LogP contribution < -0.4 is 14.8 Å². The minimum absolute atomic E-state index is 0.187. The quantitative estimate of drug-likeness (QED) is 0.207. The number of carbonyl (C=O) groups is 2. The van der Waals surface area contributed by atoms with E-state index in [1.165, 1.54) is 7.11 Å². The molecule has 0 spiro atoms. The maximum absolute atomic E-state index is 13.1. The topological polar surface area (TPSA) is 86.8 Å². The number of pyridine rings is 1. The largest absolute Gasteiger partial charge is 0.485 e. The van der Waals surface area contributed by atoms with E-state index >= 15 is 0 Å². The second-order valence-corrected chi connectivity index (χ2v) is 9.47. The van der Waals surface area contributed by atoms with Gasteiger partial charge < -0.3 is 19.5 Å². The average Bonchev–Trinajstić information content (AvgIpc) is 3.03. The van der Waals surface area contributed by atoms with Gasteiger partial charge in [-0.2, -0.15) is 0 Å². The van der Waals surface area contributed by atoms with Crippen LogP contribution >= 0.6 is 0 Å². The van der Waals surface area contributed by atoms with Gasteiger partial charge in [0.15, 0.2) is 11.5 Å². The van der Waals surface area contributed by atoms with E-state index in [0.717, 1.165) is 22.1 Å². The van der Waals surface area contributed by atoms with Gasteiger partial charge in [-0.3, -0.25) is 4.79 Å². The fourth-order valence-electron chi connectivity index (χ4n) is 4.38. The molecule has 206 valence electrons. The van der Waals surface area contributed by atoms with Crippen LogP contribution in [0.5, 0.6) is 11.5 Å². The summed E-state index contributed by atoms with van der Waals surface area (Å²) in [6.07, 6.45) is 0.187. The van der Waals surface area contributed by atoms with Gasteiger partial charge in [0.2, 0.25) is 0 Å². The molecule has 0 bridgehead atoms. The van der Waals surface area contributed by atoms with Crippen LogP contribution in [-0.2, 0) is 29.2 Å². The Bertz CT molecular complexity index is 1620. The van der Waals surface area contributed by atoms with Crippen molar-refractivity contribution in [2.75, 3.05) is 7.11 Å². The van der Waals surface area contributed by atoms with Crippen molar-refractivity contribution in [2.45, 2.75) is 25.7 Å². The molecular weight excluding hydrogens is 516 g/mol. The number of nitrogens with one attached hydrogen (secondary N) is 1. The van der Waals surface area contributed by atoms with Gasteiger partial charge in [-0.15, -0.1) is 0 Å².